The van der Waals surface area contributed by atoms with Crippen LogP contribution in [-0.2, 0) is 4.79 Å². The number of rotatable bonds is 4. The molecule has 6 heteroatoms. The highest BCUT2D eigenvalue weighted by Crippen LogP contribution is 2.06. The van der Waals surface area contributed by atoms with Gasteiger partial charge in [0.2, 0.25) is 5.91 Å². The lowest BCUT2D eigenvalue weighted by atomic mass is 10.3. The van der Waals surface area contributed by atoms with Crippen molar-refractivity contribution < 1.29 is 9.59 Å². The SMILES string of the molecule is CCN(CC)C(=O)N1CCN(C(=O)CNC)CC1. The van der Waals surface area contributed by atoms with E-state index < -0.39 is 0 Å². The van der Waals surface area contributed by atoms with E-state index in [1.54, 1.807) is 7.05 Å². The summed E-state index contributed by atoms with van der Waals surface area (Å²) in [6.45, 7) is 8.31. The Kier molecular flexibility index (Phi) is 5.91. The quantitative estimate of drug-likeness (QED) is 0.758. The number of urea groups is 1. The Hall–Kier alpha value is -1.30. The summed E-state index contributed by atoms with van der Waals surface area (Å²) in [7, 11) is 1.76. The first-order valence-electron chi connectivity index (χ1n) is 6.60. The highest BCUT2D eigenvalue weighted by Gasteiger charge is 2.25. The van der Waals surface area contributed by atoms with E-state index in [0.29, 0.717) is 32.7 Å². The Balaban J connectivity index is 2.43. The fourth-order valence-electron chi connectivity index (χ4n) is 2.10. The van der Waals surface area contributed by atoms with E-state index in [4.69, 9.17) is 0 Å². The first-order chi connectivity index (χ1) is 8.63. The normalized spacial score (nSPS) is 15.7. The maximum absolute atomic E-state index is 12.1. The second-order valence-corrected chi connectivity index (χ2v) is 4.35. The number of likely N-dealkylation sites (N-methyl/N-ethyl adjacent to an activating group) is 1. The third kappa shape index (κ3) is 3.60. The number of amides is 3. The summed E-state index contributed by atoms with van der Waals surface area (Å²) in [4.78, 5) is 29.2. The standard InChI is InChI=1S/C12H24N4O2/c1-4-14(5-2)12(18)16-8-6-15(7-9-16)11(17)10-13-3/h13H,4-10H2,1-3H3. The van der Waals surface area contributed by atoms with Crippen LogP contribution in [0.15, 0.2) is 0 Å². The van der Waals surface area contributed by atoms with Crippen molar-refractivity contribution in [1.29, 1.82) is 0 Å². The summed E-state index contributed by atoms with van der Waals surface area (Å²) in [5, 5.41) is 2.86. The average molecular weight is 256 g/mol. The van der Waals surface area contributed by atoms with Gasteiger partial charge in [-0.15, -0.1) is 0 Å². The van der Waals surface area contributed by atoms with Gasteiger partial charge >= 0.3 is 6.03 Å². The molecule has 0 saturated carbocycles. The maximum atomic E-state index is 12.1. The molecule has 104 valence electrons. The molecule has 1 aliphatic heterocycles. The predicted octanol–water partition coefficient (Wildman–Crippen LogP) is -0.188. The zero-order valence-corrected chi connectivity index (χ0v) is 11.6. The van der Waals surface area contributed by atoms with Gasteiger partial charge in [-0.1, -0.05) is 0 Å². The molecule has 0 radical (unpaired) electrons. The molecule has 0 aliphatic carbocycles. The number of carbonyl (C=O) groups excluding carboxylic acids is 2. The molecule has 1 aliphatic rings. The molecule has 1 heterocycles. The molecule has 1 saturated heterocycles. The fraction of sp³-hybridized carbons (Fsp3) is 0.833. The minimum atomic E-state index is 0.0840. The number of nitrogens with one attached hydrogen (secondary N) is 1. The summed E-state index contributed by atoms with van der Waals surface area (Å²) in [5.41, 5.74) is 0. The van der Waals surface area contributed by atoms with Gasteiger partial charge < -0.3 is 20.0 Å². The first-order valence-corrected chi connectivity index (χ1v) is 6.60. The molecule has 6 nitrogen and oxygen atoms in total. The summed E-state index contributed by atoms with van der Waals surface area (Å²) in [6, 6.07) is 0.0840. The van der Waals surface area contributed by atoms with Gasteiger partial charge in [0, 0.05) is 39.3 Å². The third-order valence-corrected chi connectivity index (χ3v) is 3.26. The van der Waals surface area contributed by atoms with Crippen molar-refractivity contribution in [3.05, 3.63) is 0 Å². The van der Waals surface area contributed by atoms with E-state index >= 15 is 0 Å². The van der Waals surface area contributed by atoms with Crippen molar-refractivity contribution >= 4 is 11.9 Å². The van der Waals surface area contributed by atoms with E-state index in [-0.39, 0.29) is 11.9 Å². The van der Waals surface area contributed by atoms with Crippen LogP contribution >= 0.6 is 0 Å². The molecular weight excluding hydrogens is 232 g/mol. The fourth-order valence-corrected chi connectivity index (χ4v) is 2.10. The molecule has 0 aromatic heterocycles. The Bertz CT molecular complexity index is 284. The highest BCUT2D eigenvalue weighted by atomic mass is 16.2. The van der Waals surface area contributed by atoms with Gasteiger partial charge in [-0.05, 0) is 20.9 Å². The Labute approximate surface area is 109 Å². The molecule has 18 heavy (non-hydrogen) atoms. The van der Waals surface area contributed by atoms with Crippen LogP contribution < -0.4 is 5.32 Å². The summed E-state index contributed by atoms with van der Waals surface area (Å²) in [5.74, 6) is 0.104. The molecule has 1 N–H and O–H groups in total. The van der Waals surface area contributed by atoms with Gasteiger partial charge in [-0.25, -0.2) is 4.79 Å². The van der Waals surface area contributed by atoms with Crippen LogP contribution in [0, 0.1) is 0 Å². The number of hydrogen-bond donors (Lipinski definition) is 1. The van der Waals surface area contributed by atoms with Crippen LogP contribution in [0.5, 0.6) is 0 Å². The largest absolute Gasteiger partial charge is 0.338 e. The van der Waals surface area contributed by atoms with Crippen LogP contribution in [0.25, 0.3) is 0 Å². The van der Waals surface area contributed by atoms with Gasteiger partial charge in [0.15, 0.2) is 0 Å². The van der Waals surface area contributed by atoms with E-state index in [0.717, 1.165) is 13.1 Å². The molecule has 1 fully saturated rings. The monoisotopic (exact) mass is 256 g/mol. The van der Waals surface area contributed by atoms with Crippen LogP contribution in [0.2, 0.25) is 0 Å². The van der Waals surface area contributed by atoms with E-state index in [1.807, 2.05) is 28.5 Å². The molecule has 3 amide bonds. The Morgan fingerprint density at radius 2 is 1.56 bits per heavy atom. The maximum Gasteiger partial charge on any atom is 0.320 e. The van der Waals surface area contributed by atoms with Gasteiger partial charge in [-0.3, -0.25) is 4.79 Å². The Morgan fingerprint density at radius 1 is 1.06 bits per heavy atom. The lowest BCUT2D eigenvalue weighted by Gasteiger charge is -2.37. The minimum Gasteiger partial charge on any atom is -0.338 e. The number of piperazine rings is 1. The lowest BCUT2D eigenvalue weighted by Crippen LogP contribution is -2.55. The molecular formula is C12H24N4O2. The second kappa shape index (κ2) is 7.20. The van der Waals surface area contributed by atoms with Crippen molar-refractivity contribution in [3.8, 4) is 0 Å². The molecule has 0 bridgehead atoms. The van der Waals surface area contributed by atoms with Crippen molar-refractivity contribution in [2.24, 2.45) is 0 Å². The number of hydrogen-bond acceptors (Lipinski definition) is 3. The van der Waals surface area contributed by atoms with Crippen molar-refractivity contribution in [1.82, 2.24) is 20.0 Å². The topological polar surface area (TPSA) is 55.9 Å². The molecule has 0 aromatic carbocycles. The third-order valence-electron chi connectivity index (χ3n) is 3.26. The van der Waals surface area contributed by atoms with Crippen molar-refractivity contribution in [2.75, 3.05) is 52.9 Å². The van der Waals surface area contributed by atoms with Gasteiger partial charge in [0.25, 0.3) is 0 Å². The summed E-state index contributed by atoms with van der Waals surface area (Å²) < 4.78 is 0. The number of carbonyl (C=O) groups is 2. The molecule has 0 aromatic rings. The molecule has 0 unspecified atom stereocenters. The predicted molar refractivity (Wildman–Crippen MR) is 70.4 cm³/mol. The van der Waals surface area contributed by atoms with Crippen molar-refractivity contribution in [3.63, 3.8) is 0 Å². The van der Waals surface area contributed by atoms with Crippen LogP contribution in [0.4, 0.5) is 4.79 Å². The molecule has 0 spiro atoms. The smallest absolute Gasteiger partial charge is 0.320 e. The summed E-state index contributed by atoms with van der Waals surface area (Å²) in [6.07, 6.45) is 0. The zero-order chi connectivity index (χ0) is 13.5. The molecule has 1 rings (SSSR count). The zero-order valence-electron chi connectivity index (χ0n) is 11.6. The van der Waals surface area contributed by atoms with E-state index in [1.165, 1.54) is 0 Å². The highest BCUT2D eigenvalue weighted by molar-refractivity contribution is 5.79. The lowest BCUT2D eigenvalue weighted by molar-refractivity contribution is -0.131. The average Bonchev–Trinajstić information content (AvgIpc) is 2.40. The van der Waals surface area contributed by atoms with Crippen molar-refractivity contribution in [2.45, 2.75) is 13.8 Å². The number of nitrogens with zero attached hydrogens (tertiary/aromatic N) is 3. The van der Waals surface area contributed by atoms with Gasteiger partial charge in [0.05, 0.1) is 6.54 Å². The first kappa shape index (κ1) is 14.8. The van der Waals surface area contributed by atoms with E-state index in [2.05, 4.69) is 5.32 Å². The van der Waals surface area contributed by atoms with Gasteiger partial charge in [-0.2, -0.15) is 0 Å². The summed E-state index contributed by atoms with van der Waals surface area (Å²) >= 11 is 0. The van der Waals surface area contributed by atoms with Crippen LogP contribution in [0.1, 0.15) is 13.8 Å². The van der Waals surface area contributed by atoms with Crippen LogP contribution in [0.3, 0.4) is 0 Å². The Morgan fingerprint density at radius 3 is 2.00 bits per heavy atom. The minimum absolute atomic E-state index is 0.0840. The second-order valence-electron chi connectivity index (χ2n) is 4.35. The van der Waals surface area contributed by atoms with Gasteiger partial charge in [0.1, 0.15) is 0 Å². The van der Waals surface area contributed by atoms with E-state index in [9.17, 15) is 9.59 Å². The van der Waals surface area contributed by atoms with Crippen LogP contribution in [-0.4, -0.2) is 79.5 Å². The molecule has 0 atom stereocenters.